The van der Waals surface area contributed by atoms with Crippen LogP contribution in [0.1, 0.15) is 10.4 Å². The van der Waals surface area contributed by atoms with Crippen molar-refractivity contribution in [2.24, 2.45) is 0 Å². The maximum atomic E-state index is 12.3. The monoisotopic (exact) mass is 413 g/mol. The number of ether oxygens (including phenoxy) is 1. The number of carbonyl (C=O) groups is 1. The molecule has 7 heteroatoms. The minimum atomic E-state index is -1.43. The summed E-state index contributed by atoms with van der Waals surface area (Å²) in [6, 6.07) is 14.1. The molecule has 0 bridgehead atoms. The van der Waals surface area contributed by atoms with Gasteiger partial charge in [-0.2, -0.15) is 0 Å². The second-order valence-electron chi connectivity index (χ2n) is 4.06. The first kappa shape index (κ1) is 15.7. The van der Waals surface area contributed by atoms with Crippen molar-refractivity contribution < 1.29 is 14.5 Å². The minimum Gasteiger partial charge on any atom is -0.458 e. The van der Waals surface area contributed by atoms with Gasteiger partial charge in [0.2, 0.25) is 5.78 Å². The van der Waals surface area contributed by atoms with Crippen LogP contribution in [-0.4, -0.2) is 14.1 Å². The molecule has 0 unspecified atom stereocenters. The number of hydrogen-bond donors (Lipinski definition) is 0. The van der Waals surface area contributed by atoms with E-state index in [1.54, 1.807) is 30.3 Å². The molecule has 0 fully saturated rings. The van der Waals surface area contributed by atoms with Gasteiger partial charge in [0.05, 0.1) is 4.92 Å². The normalized spacial score (nSPS) is 11.0. The first-order valence-electron chi connectivity index (χ1n) is 5.81. The molecule has 0 aliphatic carbocycles. The fourth-order valence-corrected chi connectivity index (χ4v) is 2.42. The minimum absolute atomic E-state index is 0.0496. The summed E-state index contributed by atoms with van der Waals surface area (Å²) < 4.78 is 4.08. The summed E-state index contributed by atoms with van der Waals surface area (Å²) in [5.74, 6) is 0.0000777. The van der Waals surface area contributed by atoms with Gasteiger partial charge >= 0.3 is 0 Å². The maximum absolute atomic E-state index is 12.3. The first-order valence-corrected chi connectivity index (χ1v) is 7.40. The molecule has 0 radical (unpaired) electrons. The zero-order chi connectivity index (χ0) is 15.5. The summed E-state index contributed by atoms with van der Waals surface area (Å²) in [6.45, 7) is 0. The van der Waals surface area contributed by atoms with Crippen LogP contribution in [0.15, 0.2) is 54.6 Å². The molecule has 2 aromatic carbocycles. The number of nitro groups is 1. The van der Waals surface area contributed by atoms with Crippen molar-refractivity contribution in [2.45, 2.75) is 3.42 Å². The average molecular weight is 415 g/mol. The molecule has 21 heavy (non-hydrogen) atoms. The molecule has 0 aromatic heterocycles. The number of ketones is 1. The van der Waals surface area contributed by atoms with E-state index in [0.717, 1.165) is 0 Å². The van der Waals surface area contributed by atoms with Gasteiger partial charge in [-0.1, -0.05) is 30.3 Å². The van der Waals surface area contributed by atoms with Gasteiger partial charge in [0.15, 0.2) is 0 Å². The van der Waals surface area contributed by atoms with Crippen molar-refractivity contribution in [3.05, 3.63) is 70.3 Å². The van der Waals surface area contributed by atoms with Crippen molar-refractivity contribution in [2.75, 3.05) is 0 Å². The SMILES string of the molecule is O=C(c1ccccc1)C(Br)(Br)Oc1ccc([N+](=O)[O-])cc1. The van der Waals surface area contributed by atoms with Crippen LogP contribution >= 0.6 is 31.9 Å². The van der Waals surface area contributed by atoms with Gasteiger partial charge in [0.1, 0.15) is 5.75 Å². The van der Waals surface area contributed by atoms with E-state index in [2.05, 4.69) is 31.9 Å². The number of benzene rings is 2. The number of hydrogen-bond acceptors (Lipinski definition) is 4. The molecule has 108 valence electrons. The quantitative estimate of drug-likeness (QED) is 0.316. The first-order chi connectivity index (χ1) is 9.90. The molecule has 2 aromatic rings. The number of nitrogens with zero attached hydrogens (tertiary/aromatic N) is 1. The zero-order valence-corrected chi connectivity index (χ0v) is 13.7. The van der Waals surface area contributed by atoms with Gasteiger partial charge in [0.25, 0.3) is 9.11 Å². The molecule has 0 N–H and O–H groups in total. The van der Waals surface area contributed by atoms with E-state index >= 15 is 0 Å². The highest BCUT2D eigenvalue weighted by Crippen LogP contribution is 2.34. The topological polar surface area (TPSA) is 69.4 Å². The lowest BCUT2D eigenvalue weighted by molar-refractivity contribution is -0.384. The van der Waals surface area contributed by atoms with Crippen LogP contribution in [0.25, 0.3) is 0 Å². The average Bonchev–Trinajstić information content (AvgIpc) is 2.47. The Labute approximate surface area is 137 Å². The number of Topliss-reactive ketones (excluding diaryl/α,β-unsaturated/α-hetero) is 1. The number of carbonyl (C=O) groups excluding carboxylic acids is 1. The lowest BCUT2D eigenvalue weighted by Gasteiger charge is -2.21. The van der Waals surface area contributed by atoms with E-state index < -0.39 is 8.34 Å². The van der Waals surface area contributed by atoms with Gasteiger partial charge in [-0.05, 0) is 44.0 Å². The third-order valence-corrected chi connectivity index (χ3v) is 3.64. The molecule has 0 saturated heterocycles. The van der Waals surface area contributed by atoms with Gasteiger partial charge in [0, 0.05) is 17.7 Å². The van der Waals surface area contributed by atoms with Crippen molar-refractivity contribution in [3.8, 4) is 5.75 Å². The Hall–Kier alpha value is -1.73. The summed E-state index contributed by atoms with van der Waals surface area (Å²) in [6.07, 6.45) is 0. The van der Waals surface area contributed by atoms with Crippen molar-refractivity contribution >= 4 is 43.3 Å². The van der Waals surface area contributed by atoms with E-state index in [4.69, 9.17) is 4.74 Å². The van der Waals surface area contributed by atoms with Crippen molar-refractivity contribution in [1.82, 2.24) is 0 Å². The van der Waals surface area contributed by atoms with E-state index in [0.29, 0.717) is 11.3 Å². The summed E-state index contributed by atoms with van der Waals surface area (Å²) in [4.78, 5) is 22.4. The number of halogens is 2. The van der Waals surface area contributed by atoms with Crippen LogP contribution in [0, 0.1) is 10.1 Å². The molecule has 0 heterocycles. The number of rotatable bonds is 5. The highest BCUT2D eigenvalue weighted by Gasteiger charge is 2.35. The van der Waals surface area contributed by atoms with Gasteiger partial charge in [-0.15, -0.1) is 0 Å². The Balaban J connectivity index is 2.17. The highest BCUT2D eigenvalue weighted by atomic mass is 79.9. The molecule has 0 atom stereocenters. The summed E-state index contributed by atoms with van der Waals surface area (Å²) in [5.41, 5.74) is 0.416. The second-order valence-corrected chi connectivity index (χ2v) is 7.36. The van der Waals surface area contributed by atoms with Crippen LogP contribution in [0.3, 0.4) is 0 Å². The largest absolute Gasteiger partial charge is 0.458 e. The molecule has 0 aliphatic rings. The van der Waals surface area contributed by atoms with E-state index in [1.807, 2.05) is 0 Å². The maximum Gasteiger partial charge on any atom is 0.280 e. The van der Waals surface area contributed by atoms with Crippen molar-refractivity contribution in [3.63, 3.8) is 0 Å². The predicted molar refractivity (Wildman–Crippen MR) is 85.1 cm³/mol. The Bertz CT molecular complexity index is 656. The van der Waals surface area contributed by atoms with Crippen LogP contribution in [0.4, 0.5) is 5.69 Å². The van der Waals surface area contributed by atoms with Crippen LogP contribution in [0.5, 0.6) is 5.75 Å². The number of alkyl halides is 2. The van der Waals surface area contributed by atoms with Crippen molar-refractivity contribution in [1.29, 1.82) is 0 Å². The smallest absolute Gasteiger partial charge is 0.280 e. The van der Waals surface area contributed by atoms with E-state index in [1.165, 1.54) is 24.3 Å². The zero-order valence-electron chi connectivity index (χ0n) is 10.5. The lowest BCUT2D eigenvalue weighted by atomic mass is 10.1. The fraction of sp³-hybridized carbons (Fsp3) is 0.0714. The van der Waals surface area contributed by atoms with Gasteiger partial charge in [-0.3, -0.25) is 14.9 Å². The van der Waals surface area contributed by atoms with E-state index in [-0.39, 0.29) is 11.5 Å². The lowest BCUT2D eigenvalue weighted by Crippen LogP contribution is -2.31. The molecular weight excluding hydrogens is 406 g/mol. The number of non-ortho nitro benzene ring substituents is 1. The summed E-state index contributed by atoms with van der Waals surface area (Å²) in [7, 11) is 0. The molecule has 0 aliphatic heterocycles. The van der Waals surface area contributed by atoms with Crippen LogP contribution in [-0.2, 0) is 0 Å². The Morgan fingerprint density at radius 3 is 2.14 bits per heavy atom. The fourth-order valence-electron chi connectivity index (χ4n) is 1.59. The van der Waals surface area contributed by atoms with Gasteiger partial charge < -0.3 is 4.74 Å². The molecule has 5 nitrogen and oxygen atoms in total. The predicted octanol–water partition coefficient (Wildman–Crippen LogP) is 4.30. The molecule has 0 spiro atoms. The molecule has 0 saturated carbocycles. The summed E-state index contributed by atoms with van der Waals surface area (Å²) in [5, 5.41) is 10.6. The third kappa shape index (κ3) is 3.89. The standard InChI is InChI=1S/C14H9Br2NO4/c15-14(16,13(18)10-4-2-1-3-5-10)21-12-8-6-11(7-9-12)17(19)20/h1-9H. The molecular formula is C14H9Br2NO4. The molecule has 0 amide bonds. The second kappa shape index (κ2) is 6.36. The third-order valence-electron chi connectivity index (χ3n) is 2.59. The number of nitro benzene ring substituents is 1. The van der Waals surface area contributed by atoms with Crippen LogP contribution < -0.4 is 4.74 Å². The molecule has 2 rings (SSSR count). The Morgan fingerprint density at radius 2 is 1.62 bits per heavy atom. The highest BCUT2D eigenvalue weighted by molar-refractivity contribution is 9.25. The summed E-state index contributed by atoms with van der Waals surface area (Å²) >= 11 is 6.36. The Morgan fingerprint density at radius 1 is 1.05 bits per heavy atom. The van der Waals surface area contributed by atoms with Crippen LogP contribution in [0.2, 0.25) is 0 Å². The van der Waals surface area contributed by atoms with Gasteiger partial charge in [-0.25, -0.2) is 0 Å². The van der Waals surface area contributed by atoms with E-state index in [9.17, 15) is 14.9 Å². The Kier molecular flexibility index (Phi) is 4.74.